The molecular weight excluding hydrogens is 476 g/mol. The summed E-state index contributed by atoms with van der Waals surface area (Å²) in [5.41, 5.74) is 5.86. The third kappa shape index (κ3) is 5.91. The number of carbonyl (C=O) groups excluding carboxylic acids is 3. The molecule has 11 nitrogen and oxygen atoms in total. The molecule has 14 heteroatoms. The summed E-state index contributed by atoms with van der Waals surface area (Å²) in [5.74, 6) is -1.78. The molecular formula is C18H20N6O5S3. The van der Waals surface area contributed by atoms with Crippen LogP contribution in [0.15, 0.2) is 22.7 Å². The van der Waals surface area contributed by atoms with Crippen molar-refractivity contribution in [3.05, 3.63) is 38.4 Å². The van der Waals surface area contributed by atoms with Crippen LogP contribution >= 0.6 is 34.4 Å². The van der Waals surface area contributed by atoms with E-state index in [-0.39, 0.29) is 34.4 Å². The summed E-state index contributed by atoms with van der Waals surface area (Å²) in [5, 5.41) is 16.9. The number of nitrogens with two attached hydrogens (primary N) is 1. The maximum Gasteiger partial charge on any atom is 0.341 e. The lowest BCUT2D eigenvalue weighted by molar-refractivity contribution is -0.113. The molecule has 0 radical (unpaired) electrons. The molecule has 3 aromatic rings. The van der Waals surface area contributed by atoms with Crippen LogP contribution in [-0.4, -0.2) is 64.1 Å². The number of hydrogen-bond acceptors (Lipinski definition) is 11. The van der Waals surface area contributed by atoms with E-state index in [9.17, 15) is 14.4 Å². The number of aromatic nitrogens is 4. The van der Waals surface area contributed by atoms with Crippen LogP contribution in [0.5, 0.6) is 0 Å². The van der Waals surface area contributed by atoms with Gasteiger partial charge in [-0.05, 0) is 34.4 Å². The van der Waals surface area contributed by atoms with Crippen molar-refractivity contribution >= 4 is 57.2 Å². The molecule has 0 aliphatic carbocycles. The molecule has 0 fully saturated rings. The number of amides is 2. The summed E-state index contributed by atoms with van der Waals surface area (Å²) in [6, 6.07) is 3.90. The number of methoxy groups -OCH3 is 1. The highest BCUT2D eigenvalue weighted by Gasteiger charge is 2.26. The Morgan fingerprint density at radius 1 is 1.31 bits per heavy atom. The summed E-state index contributed by atoms with van der Waals surface area (Å²) >= 11 is 3.66. The van der Waals surface area contributed by atoms with E-state index in [1.165, 1.54) is 7.11 Å². The van der Waals surface area contributed by atoms with Crippen molar-refractivity contribution in [3.63, 3.8) is 0 Å². The molecule has 0 saturated heterocycles. The van der Waals surface area contributed by atoms with Gasteiger partial charge in [-0.25, -0.2) is 9.48 Å². The molecule has 3 aromatic heterocycles. The highest BCUT2D eigenvalue weighted by molar-refractivity contribution is 7.99. The van der Waals surface area contributed by atoms with Crippen LogP contribution < -0.4 is 11.1 Å². The Hall–Kier alpha value is -2.81. The summed E-state index contributed by atoms with van der Waals surface area (Å²) in [7, 11) is 1.48. The Labute approximate surface area is 195 Å². The van der Waals surface area contributed by atoms with E-state index < -0.39 is 17.8 Å². The first-order valence-electron chi connectivity index (χ1n) is 9.21. The van der Waals surface area contributed by atoms with E-state index in [0.717, 1.165) is 28.0 Å². The van der Waals surface area contributed by atoms with Crippen molar-refractivity contribution in [3.8, 4) is 0 Å². The van der Waals surface area contributed by atoms with E-state index in [4.69, 9.17) is 15.2 Å². The number of esters is 1. The number of primary amides is 1. The Bertz CT molecular complexity index is 1090. The van der Waals surface area contributed by atoms with Crippen LogP contribution in [0.2, 0.25) is 0 Å². The third-order valence-corrected chi connectivity index (χ3v) is 7.11. The number of hydrogen-bond donors (Lipinski definition) is 2. The molecule has 0 aliphatic heterocycles. The molecule has 32 heavy (non-hydrogen) atoms. The van der Waals surface area contributed by atoms with E-state index in [1.807, 2.05) is 17.5 Å². The number of carbonyl (C=O) groups is 3. The lowest BCUT2D eigenvalue weighted by atomic mass is 10.1. The number of thioether (sulfide) groups is 1. The van der Waals surface area contributed by atoms with Crippen LogP contribution in [0.4, 0.5) is 5.00 Å². The van der Waals surface area contributed by atoms with Gasteiger partial charge in [-0.1, -0.05) is 17.8 Å². The number of ether oxygens (including phenoxy) is 2. The number of rotatable bonds is 11. The molecule has 0 aromatic carbocycles. The average molecular weight is 497 g/mol. The van der Waals surface area contributed by atoms with Gasteiger partial charge in [-0.2, -0.15) is 0 Å². The van der Waals surface area contributed by atoms with Gasteiger partial charge in [0.25, 0.3) is 5.91 Å². The molecule has 170 valence electrons. The van der Waals surface area contributed by atoms with E-state index >= 15 is 0 Å². The van der Waals surface area contributed by atoms with E-state index in [1.54, 1.807) is 22.9 Å². The smallest absolute Gasteiger partial charge is 0.341 e. The SMILES string of the molecule is COCCOC(=O)c1c(NC(=O)CSc2nnnn2Cc2cccs2)sc(C(N)=O)c1C. The van der Waals surface area contributed by atoms with Gasteiger partial charge in [0.15, 0.2) is 0 Å². The minimum atomic E-state index is -0.693. The number of tetrazole rings is 1. The van der Waals surface area contributed by atoms with Crippen molar-refractivity contribution in [2.75, 3.05) is 31.4 Å². The largest absolute Gasteiger partial charge is 0.460 e. The quantitative estimate of drug-likeness (QED) is 0.230. The Kier molecular flexibility index (Phi) is 8.33. The molecule has 3 heterocycles. The van der Waals surface area contributed by atoms with Gasteiger partial charge in [0.05, 0.1) is 29.3 Å². The highest BCUT2D eigenvalue weighted by Crippen LogP contribution is 2.33. The van der Waals surface area contributed by atoms with E-state index in [2.05, 4.69) is 20.8 Å². The second-order valence-corrected chi connectivity index (χ2v) is 9.28. The Balaban J connectivity index is 1.68. The average Bonchev–Trinajstić information content (AvgIpc) is 3.48. The first kappa shape index (κ1) is 23.8. The van der Waals surface area contributed by atoms with Crippen molar-refractivity contribution in [1.29, 1.82) is 0 Å². The molecule has 0 saturated carbocycles. The normalized spacial score (nSPS) is 10.8. The molecule has 0 spiro atoms. The second kappa shape index (κ2) is 11.2. The van der Waals surface area contributed by atoms with Crippen LogP contribution in [0, 0.1) is 6.92 Å². The van der Waals surface area contributed by atoms with Crippen molar-refractivity contribution in [2.24, 2.45) is 5.73 Å². The van der Waals surface area contributed by atoms with Crippen LogP contribution in [-0.2, 0) is 20.8 Å². The second-order valence-electron chi connectivity index (χ2n) is 6.29. The molecule has 3 rings (SSSR count). The minimum absolute atomic E-state index is 0.00811. The van der Waals surface area contributed by atoms with Crippen LogP contribution in [0.25, 0.3) is 0 Å². The minimum Gasteiger partial charge on any atom is -0.460 e. The number of thiophene rings is 2. The maximum absolute atomic E-state index is 12.6. The zero-order chi connectivity index (χ0) is 23.1. The molecule has 2 amide bonds. The lowest BCUT2D eigenvalue weighted by Crippen LogP contribution is -2.18. The molecule has 0 atom stereocenters. The summed E-state index contributed by atoms with van der Waals surface area (Å²) < 4.78 is 11.6. The monoisotopic (exact) mass is 496 g/mol. The highest BCUT2D eigenvalue weighted by atomic mass is 32.2. The number of anilines is 1. The predicted octanol–water partition coefficient (Wildman–Crippen LogP) is 1.79. The fraction of sp³-hybridized carbons (Fsp3) is 0.333. The van der Waals surface area contributed by atoms with Gasteiger partial charge in [0.1, 0.15) is 11.6 Å². The Morgan fingerprint density at radius 3 is 2.81 bits per heavy atom. The molecule has 0 aliphatic rings. The molecule has 3 N–H and O–H groups in total. The van der Waals surface area contributed by atoms with Crippen molar-refractivity contribution in [2.45, 2.75) is 18.6 Å². The molecule has 0 bridgehead atoms. The first-order valence-corrected chi connectivity index (χ1v) is 11.9. The van der Waals surface area contributed by atoms with Gasteiger partial charge < -0.3 is 20.5 Å². The fourth-order valence-corrected chi connectivity index (χ4v) is 5.04. The summed E-state index contributed by atoms with van der Waals surface area (Å²) in [6.07, 6.45) is 0. The maximum atomic E-state index is 12.6. The van der Waals surface area contributed by atoms with Gasteiger partial charge in [0, 0.05) is 12.0 Å². The van der Waals surface area contributed by atoms with E-state index in [0.29, 0.717) is 17.3 Å². The summed E-state index contributed by atoms with van der Waals surface area (Å²) in [4.78, 5) is 38.1. The van der Waals surface area contributed by atoms with Crippen molar-refractivity contribution < 1.29 is 23.9 Å². The number of nitrogens with zero attached hydrogens (tertiary/aromatic N) is 4. The van der Waals surface area contributed by atoms with Gasteiger partial charge in [-0.3, -0.25) is 9.59 Å². The zero-order valence-corrected chi connectivity index (χ0v) is 19.6. The fourth-order valence-electron chi connectivity index (χ4n) is 2.61. The first-order chi connectivity index (χ1) is 15.4. The van der Waals surface area contributed by atoms with Crippen LogP contribution in [0.3, 0.4) is 0 Å². The molecule has 0 unspecified atom stereocenters. The predicted molar refractivity (Wildman–Crippen MR) is 120 cm³/mol. The van der Waals surface area contributed by atoms with Crippen molar-refractivity contribution in [1.82, 2.24) is 20.2 Å². The standard InChI is InChI=1S/C18H20N6O5S3/c1-10-13(17(27)29-6-5-28-2)16(32-14(10)15(19)26)20-12(25)9-31-18-21-22-23-24(18)8-11-4-3-7-30-11/h3-4,7H,5-6,8-9H2,1-2H3,(H2,19,26)(H,20,25). The van der Waals surface area contributed by atoms with Crippen LogP contribution in [0.1, 0.15) is 30.5 Å². The third-order valence-electron chi connectivity index (χ3n) is 4.07. The van der Waals surface area contributed by atoms with Gasteiger partial charge in [-0.15, -0.1) is 27.8 Å². The lowest BCUT2D eigenvalue weighted by Gasteiger charge is -2.08. The zero-order valence-electron chi connectivity index (χ0n) is 17.2. The Morgan fingerprint density at radius 2 is 2.12 bits per heavy atom. The summed E-state index contributed by atoms with van der Waals surface area (Å²) in [6.45, 7) is 2.33. The van der Waals surface area contributed by atoms with Gasteiger partial charge in [0.2, 0.25) is 11.1 Å². The number of nitrogens with one attached hydrogen (secondary N) is 1. The topological polar surface area (TPSA) is 151 Å². The van der Waals surface area contributed by atoms with Gasteiger partial charge >= 0.3 is 5.97 Å².